The number of thioether (sulfide) groups is 1. The summed E-state index contributed by atoms with van der Waals surface area (Å²) < 4.78 is 18.2. The minimum absolute atomic E-state index is 0.146. The van der Waals surface area contributed by atoms with Crippen LogP contribution in [0.25, 0.3) is 0 Å². The van der Waals surface area contributed by atoms with E-state index in [9.17, 15) is 14.4 Å². The molecule has 0 spiro atoms. The molecule has 2 fully saturated rings. The van der Waals surface area contributed by atoms with E-state index in [0.717, 1.165) is 36.6 Å². The summed E-state index contributed by atoms with van der Waals surface area (Å²) in [6.07, 6.45) is 12.2. The summed E-state index contributed by atoms with van der Waals surface area (Å²) in [5, 5.41) is 5.93. The summed E-state index contributed by atoms with van der Waals surface area (Å²) in [6.45, 7) is 4.44. The molecule has 2 amide bonds. The number of nitrogens with one attached hydrogen (secondary N) is 2. The smallest absolute Gasteiger partial charge is 0.409 e. The first-order valence-corrected chi connectivity index (χ1v) is 14.3. The van der Waals surface area contributed by atoms with E-state index in [0.29, 0.717) is 36.4 Å². The second-order valence-electron chi connectivity index (χ2n) is 9.25. The largest absolute Gasteiger partial charge is 0.459 e. The van der Waals surface area contributed by atoms with Gasteiger partial charge in [0, 0.05) is 30.1 Å². The van der Waals surface area contributed by atoms with Gasteiger partial charge in [0.15, 0.2) is 0 Å². The van der Waals surface area contributed by atoms with Crippen LogP contribution in [0.1, 0.15) is 52.4 Å². The number of hydrogen-bond acceptors (Lipinski definition) is 7. The van der Waals surface area contributed by atoms with Crippen molar-refractivity contribution in [2.24, 2.45) is 5.92 Å². The Balaban J connectivity index is 1.88. The van der Waals surface area contributed by atoms with Crippen molar-refractivity contribution >= 4 is 45.0 Å². The van der Waals surface area contributed by atoms with Crippen molar-refractivity contribution in [1.82, 2.24) is 10.6 Å². The first-order valence-electron chi connectivity index (χ1n) is 12.1. The lowest BCUT2D eigenvalue weighted by Gasteiger charge is -2.46. The van der Waals surface area contributed by atoms with E-state index >= 15 is 0 Å². The van der Waals surface area contributed by atoms with Crippen molar-refractivity contribution in [2.75, 3.05) is 17.6 Å². The summed E-state index contributed by atoms with van der Waals surface area (Å²) in [6, 6.07) is -0.552. The maximum absolute atomic E-state index is 12.7. The molecule has 0 aromatic carbocycles. The monoisotopic (exact) mass is 570 g/mol. The van der Waals surface area contributed by atoms with Crippen LogP contribution in [0.4, 0.5) is 9.59 Å². The first kappa shape index (κ1) is 27.8. The highest BCUT2D eigenvalue weighted by Gasteiger charge is 2.54. The van der Waals surface area contributed by atoms with Gasteiger partial charge < -0.3 is 24.8 Å². The molecule has 35 heavy (non-hydrogen) atoms. The number of alkyl carbamates (subject to hydrolysis) is 1. The molecule has 3 rings (SSSR count). The van der Waals surface area contributed by atoms with Crippen molar-refractivity contribution < 1.29 is 28.6 Å². The van der Waals surface area contributed by atoms with Gasteiger partial charge in [0.05, 0.1) is 12.5 Å². The Bertz CT molecular complexity index is 863. The second kappa shape index (κ2) is 13.5. The second-order valence-corrected chi connectivity index (χ2v) is 11.0. The van der Waals surface area contributed by atoms with Crippen molar-refractivity contribution in [3.8, 4) is 0 Å². The molecule has 2 saturated heterocycles. The van der Waals surface area contributed by atoms with Crippen LogP contribution in [-0.2, 0) is 19.0 Å². The zero-order valence-electron chi connectivity index (χ0n) is 20.3. The van der Waals surface area contributed by atoms with E-state index in [4.69, 9.17) is 14.2 Å². The van der Waals surface area contributed by atoms with E-state index < -0.39 is 30.0 Å². The quantitative estimate of drug-likeness (QED) is 0.362. The zero-order chi connectivity index (χ0) is 25.3. The number of allylic oxidation sites excluding steroid dienone is 5. The van der Waals surface area contributed by atoms with Crippen LogP contribution in [0.2, 0.25) is 0 Å². The number of fused-ring (bicyclic) bond motifs is 2. The van der Waals surface area contributed by atoms with Gasteiger partial charge in [-0.2, -0.15) is 0 Å². The molecule has 0 saturated carbocycles. The summed E-state index contributed by atoms with van der Waals surface area (Å²) in [5.41, 5.74) is 0.934. The van der Waals surface area contributed by atoms with Gasteiger partial charge in [-0.3, -0.25) is 4.79 Å². The average molecular weight is 572 g/mol. The normalized spacial score (nSPS) is 35.7. The Morgan fingerprint density at radius 2 is 2.14 bits per heavy atom. The van der Waals surface area contributed by atoms with E-state index in [2.05, 4.69) is 51.7 Å². The lowest BCUT2D eigenvalue weighted by Crippen LogP contribution is -2.61. The van der Waals surface area contributed by atoms with Crippen LogP contribution in [-0.4, -0.2) is 59.0 Å². The van der Waals surface area contributed by atoms with Crippen molar-refractivity contribution in [3.63, 3.8) is 0 Å². The Kier molecular flexibility index (Phi) is 10.7. The third-order valence-electron chi connectivity index (χ3n) is 6.22. The molecule has 2 bridgehead atoms. The maximum Gasteiger partial charge on any atom is 0.409 e. The van der Waals surface area contributed by atoms with Crippen LogP contribution in [0, 0.1) is 5.92 Å². The lowest BCUT2D eigenvalue weighted by atomic mass is 9.90. The molecule has 194 valence electrons. The van der Waals surface area contributed by atoms with E-state index in [1.54, 1.807) is 0 Å². The Hall–Kier alpha value is -1.78. The van der Waals surface area contributed by atoms with Crippen LogP contribution >= 0.6 is 27.7 Å². The topological polar surface area (TPSA) is 103 Å². The number of hydrogen-bond donors (Lipinski definition) is 2. The van der Waals surface area contributed by atoms with E-state index in [1.165, 1.54) is 6.08 Å². The number of ether oxygens (including phenoxy) is 3. The minimum atomic E-state index is -1.44. The number of esters is 1. The molecule has 0 radical (unpaired) electrons. The summed E-state index contributed by atoms with van der Waals surface area (Å²) in [5.74, 6) is -1.14. The van der Waals surface area contributed by atoms with Gasteiger partial charge >= 0.3 is 12.1 Å². The minimum Gasteiger partial charge on any atom is -0.459 e. The van der Waals surface area contributed by atoms with Gasteiger partial charge in [0.1, 0.15) is 12.1 Å². The van der Waals surface area contributed by atoms with Crippen molar-refractivity contribution in [3.05, 3.63) is 36.0 Å². The standard InChI is InChI=1S/C25H35BrN2O6S/c1-17-7-5-3-4-6-8-18(2)13-22(29)32-20-14-19(10-9-17)33-25(15-20,21-16-35-24(31)28-21)34-23(30)27-12-11-26/h3-5,7,13,17,19-21H,6,8-12,14-16H2,1-2H3,(H,27,30)(H,28,31)/b4-3+,7-5-,18-13-/t17-,19-,20-,21+,25+/m1/s1. The van der Waals surface area contributed by atoms with Crippen LogP contribution in [0.5, 0.6) is 0 Å². The average Bonchev–Trinajstić information content (AvgIpc) is 3.25. The molecule has 3 aliphatic heterocycles. The predicted molar refractivity (Wildman–Crippen MR) is 139 cm³/mol. The fourth-order valence-electron chi connectivity index (χ4n) is 4.42. The Labute approximate surface area is 219 Å². The van der Waals surface area contributed by atoms with Gasteiger partial charge in [0.25, 0.3) is 5.24 Å². The highest BCUT2D eigenvalue weighted by atomic mass is 79.9. The number of carbonyl (C=O) groups is 3. The SMILES string of the molecule is C/C1=C/C(=O)O[C@@H]2C[C@@H](CC[C@H](C)/C=C\C=C\CC1)O[C@@](OC(=O)NCCBr)([C@@H]1CSC(=O)N1)C2. The maximum atomic E-state index is 12.7. The van der Waals surface area contributed by atoms with Gasteiger partial charge in [-0.15, -0.1) is 0 Å². The molecule has 5 atom stereocenters. The number of rotatable bonds is 4. The predicted octanol–water partition coefficient (Wildman–Crippen LogP) is 4.99. The van der Waals surface area contributed by atoms with Crippen LogP contribution in [0.15, 0.2) is 36.0 Å². The fraction of sp³-hybridized carbons (Fsp3) is 0.640. The van der Waals surface area contributed by atoms with E-state index in [1.807, 2.05) is 13.0 Å². The highest BCUT2D eigenvalue weighted by molar-refractivity contribution is 9.09. The zero-order valence-corrected chi connectivity index (χ0v) is 22.7. The van der Waals surface area contributed by atoms with Gasteiger partial charge in [-0.25, -0.2) is 9.59 Å². The molecule has 0 aliphatic carbocycles. The fourth-order valence-corrected chi connectivity index (χ4v) is 5.50. The third kappa shape index (κ3) is 8.68. The highest BCUT2D eigenvalue weighted by Crippen LogP contribution is 2.39. The molecular formula is C25H35BrN2O6S. The van der Waals surface area contributed by atoms with Crippen LogP contribution in [0.3, 0.4) is 0 Å². The van der Waals surface area contributed by atoms with Crippen molar-refractivity contribution in [2.45, 2.75) is 76.4 Å². The number of halogens is 1. The Morgan fingerprint density at radius 3 is 2.89 bits per heavy atom. The molecular weight excluding hydrogens is 536 g/mol. The van der Waals surface area contributed by atoms with Crippen LogP contribution < -0.4 is 10.6 Å². The van der Waals surface area contributed by atoms with Crippen molar-refractivity contribution in [1.29, 1.82) is 0 Å². The molecule has 3 aliphatic rings. The van der Waals surface area contributed by atoms with E-state index in [-0.39, 0.29) is 17.8 Å². The summed E-state index contributed by atoms with van der Waals surface area (Å²) in [4.78, 5) is 37.4. The van der Waals surface area contributed by atoms with Gasteiger partial charge in [-0.1, -0.05) is 64.5 Å². The molecule has 8 nitrogen and oxygen atoms in total. The molecule has 10 heteroatoms. The molecule has 2 N–H and O–H groups in total. The first-order chi connectivity index (χ1) is 16.8. The summed E-state index contributed by atoms with van der Waals surface area (Å²) in [7, 11) is 0. The lowest BCUT2D eigenvalue weighted by molar-refractivity contribution is -0.281. The molecule has 0 unspecified atom stereocenters. The summed E-state index contributed by atoms with van der Waals surface area (Å²) >= 11 is 4.41. The number of alkyl halides is 1. The number of carbonyl (C=O) groups excluding carboxylic acids is 3. The van der Waals surface area contributed by atoms with Gasteiger partial charge in [-0.05, 0) is 38.5 Å². The number of amides is 2. The molecule has 0 aromatic rings. The molecule has 0 aromatic heterocycles. The molecule has 3 heterocycles. The Morgan fingerprint density at radius 1 is 1.31 bits per heavy atom. The third-order valence-corrected chi connectivity index (χ3v) is 7.50. The van der Waals surface area contributed by atoms with Gasteiger partial charge in [0.2, 0.25) is 5.79 Å².